The first kappa shape index (κ1) is 11.2. The smallest absolute Gasteiger partial charge is 0.0518 e. The first-order valence-corrected chi connectivity index (χ1v) is 5.64. The van der Waals surface area contributed by atoms with Crippen LogP contribution in [0.1, 0.15) is 18.9 Å². The standard InChI is InChI=1S/C10H11Br2O/c1-7(13)2-3-8-4-9(11)6-10(12)5-8/h3-7,13H,2H2,1H3. The van der Waals surface area contributed by atoms with Crippen LogP contribution in [0, 0.1) is 6.42 Å². The third-order valence-corrected chi connectivity index (χ3v) is 2.50. The maximum atomic E-state index is 9.10. The molecule has 1 aromatic rings. The maximum absolute atomic E-state index is 9.10. The molecule has 1 unspecified atom stereocenters. The zero-order valence-electron chi connectivity index (χ0n) is 7.30. The van der Waals surface area contributed by atoms with Gasteiger partial charge in [-0.1, -0.05) is 31.9 Å². The van der Waals surface area contributed by atoms with Crippen molar-refractivity contribution in [2.45, 2.75) is 19.4 Å². The van der Waals surface area contributed by atoms with Crippen molar-refractivity contribution in [1.29, 1.82) is 0 Å². The summed E-state index contributed by atoms with van der Waals surface area (Å²) < 4.78 is 2.08. The predicted octanol–water partition coefficient (Wildman–Crippen LogP) is 3.53. The van der Waals surface area contributed by atoms with Crippen LogP contribution in [-0.4, -0.2) is 11.2 Å². The van der Waals surface area contributed by atoms with Crippen molar-refractivity contribution in [2.24, 2.45) is 0 Å². The first-order valence-electron chi connectivity index (χ1n) is 4.05. The molecule has 0 amide bonds. The number of hydrogen-bond donors (Lipinski definition) is 1. The third kappa shape index (κ3) is 4.25. The van der Waals surface area contributed by atoms with Gasteiger partial charge in [-0.2, -0.15) is 0 Å². The molecule has 1 aromatic carbocycles. The molecule has 3 heteroatoms. The highest BCUT2D eigenvalue weighted by Gasteiger charge is 2.00. The number of hydrogen-bond acceptors (Lipinski definition) is 1. The van der Waals surface area contributed by atoms with Crippen molar-refractivity contribution >= 4 is 31.9 Å². The highest BCUT2D eigenvalue weighted by molar-refractivity contribution is 9.11. The Morgan fingerprint density at radius 2 is 1.85 bits per heavy atom. The van der Waals surface area contributed by atoms with E-state index in [-0.39, 0.29) is 6.10 Å². The summed E-state index contributed by atoms with van der Waals surface area (Å²) in [5.41, 5.74) is 1.11. The lowest BCUT2D eigenvalue weighted by atomic mass is 10.1. The van der Waals surface area contributed by atoms with Crippen LogP contribution < -0.4 is 0 Å². The SMILES string of the molecule is CC(O)C[CH]c1cc(Br)cc(Br)c1. The Morgan fingerprint density at radius 3 is 2.31 bits per heavy atom. The molecule has 1 nitrogen and oxygen atoms in total. The number of aliphatic hydroxyl groups is 1. The fraction of sp³-hybridized carbons (Fsp3) is 0.300. The molecule has 0 saturated heterocycles. The Morgan fingerprint density at radius 1 is 1.31 bits per heavy atom. The lowest BCUT2D eigenvalue weighted by Gasteiger charge is -2.04. The molecule has 1 atom stereocenters. The predicted molar refractivity (Wildman–Crippen MR) is 61.5 cm³/mol. The van der Waals surface area contributed by atoms with Gasteiger partial charge in [-0.3, -0.25) is 0 Å². The van der Waals surface area contributed by atoms with E-state index in [9.17, 15) is 0 Å². The molecule has 0 heterocycles. The molecule has 0 aromatic heterocycles. The third-order valence-electron chi connectivity index (χ3n) is 1.58. The molecular weight excluding hydrogens is 296 g/mol. The van der Waals surface area contributed by atoms with Crippen molar-refractivity contribution in [1.82, 2.24) is 0 Å². The van der Waals surface area contributed by atoms with Crippen LogP contribution in [0.4, 0.5) is 0 Å². The Balaban J connectivity index is 2.66. The molecule has 0 aliphatic rings. The van der Waals surface area contributed by atoms with Crippen LogP contribution in [0.2, 0.25) is 0 Å². The van der Waals surface area contributed by atoms with Gasteiger partial charge in [0.2, 0.25) is 0 Å². The van der Waals surface area contributed by atoms with Gasteiger partial charge in [0.15, 0.2) is 0 Å². The van der Waals surface area contributed by atoms with Crippen LogP contribution in [-0.2, 0) is 0 Å². The largest absolute Gasteiger partial charge is 0.393 e. The van der Waals surface area contributed by atoms with Gasteiger partial charge in [-0.05, 0) is 43.5 Å². The minimum Gasteiger partial charge on any atom is -0.393 e. The normalized spacial score (nSPS) is 12.9. The van der Waals surface area contributed by atoms with Crippen molar-refractivity contribution in [3.05, 3.63) is 39.1 Å². The quantitative estimate of drug-likeness (QED) is 0.905. The van der Waals surface area contributed by atoms with Gasteiger partial charge in [-0.15, -0.1) is 0 Å². The maximum Gasteiger partial charge on any atom is 0.0518 e. The van der Waals surface area contributed by atoms with Crippen LogP contribution in [0.25, 0.3) is 0 Å². The van der Waals surface area contributed by atoms with E-state index >= 15 is 0 Å². The van der Waals surface area contributed by atoms with Gasteiger partial charge >= 0.3 is 0 Å². The minimum absolute atomic E-state index is 0.280. The van der Waals surface area contributed by atoms with Crippen LogP contribution in [0.3, 0.4) is 0 Å². The Labute approximate surface area is 95.4 Å². The van der Waals surface area contributed by atoms with E-state index in [1.54, 1.807) is 6.92 Å². The molecule has 1 radical (unpaired) electrons. The number of aliphatic hydroxyl groups excluding tert-OH is 1. The summed E-state index contributed by atoms with van der Waals surface area (Å²) in [6.07, 6.45) is 2.42. The Bertz CT molecular complexity index is 264. The summed E-state index contributed by atoms with van der Waals surface area (Å²) in [7, 11) is 0. The van der Waals surface area contributed by atoms with E-state index in [2.05, 4.69) is 31.9 Å². The second-order valence-corrected chi connectivity index (χ2v) is 4.82. The van der Waals surface area contributed by atoms with Gasteiger partial charge in [0.05, 0.1) is 6.10 Å². The average molecular weight is 307 g/mol. The summed E-state index contributed by atoms with van der Waals surface area (Å²) in [5.74, 6) is 0. The summed E-state index contributed by atoms with van der Waals surface area (Å²) in [6.45, 7) is 1.78. The zero-order valence-corrected chi connectivity index (χ0v) is 10.5. The van der Waals surface area contributed by atoms with Crippen LogP contribution >= 0.6 is 31.9 Å². The molecule has 0 aliphatic heterocycles. The summed E-state index contributed by atoms with van der Waals surface area (Å²) in [4.78, 5) is 0. The molecule has 1 rings (SSSR count). The monoisotopic (exact) mass is 305 g/mol. The van der Waals surface area contributed by atoms with Crippen LogP contribution in [0.15, 0.2) is 27.1 Å². The van der Waals surface area contributed by atoms with Crippen molar-refractivity contribution in [3.63, 3.8) is 0 Å². The number of halogens is 2. The molecule has 0 aliphatic carbocycles. The second kappa shape index (κ2) is 5.13. The zero-order chi connectivity index (χ0) is 9.84. The van der Waals surface area contributed by atoms with Gasteiger partial charge in [0.1, 0.15) is 0 Å². The van der Waals surface area contributed by atoms with Crippen molar-refractivity contribution in [3.8, 4) is 0 Å². The van der Waals surface area contributed by atoms with Gasteiger partial charge < -0.3 is 5.11 Å². The highest BCUT2D eigenvalue weighted by atomic mass is 79.9. The topological polar surface area (TPSA) is 20.2 Å². The van der Waals surface area contributed by atoms with E-state index in [0.717, 1.165) is 14.5 Å². The van der Waals surface area contributed by atoms with Crippen molar-refractivity contribution < 1.29 is 5.11 Å². The van der Waals surface area contributed by atoms with E-state index < -0.39 is 0 Å². The average Bonchev–Trinajstić information content (AvgIpc) is 1.99. The molecule has 1 N–H and O–H groups in total. The lowest BCUT2D eigenvalue weighted by molar-refractivity contribution is 0.195. The van der Waals surface area contributed by atoms with Gasteiger partial charge in [0, 0.05) is 8.95 Å². The van der Waals surface area contributed by atoms with Crippen LogP contribution in [0.5, 0.6) is 0 Å². The molecule has 0 bridgehead atoms. The second-order valence-electron chi connectivity index (χ2n) is 2.99. The summed E-state index contributed by atoms with van der Waals surface area (Å²) in [6, 6.07) is 6.03. The summed E-state index contributed by atoms with van der Waals surface area (Å²) >= 11 is 6.81. The minimum atomic E-state index is -0.280. The first-order chi connectivity index (χ1) is 6.08. The van der Waals surface area contributed by atoms with E-state index in [4.69, 9.17) is 5.11 Å². The fourth-order valence-corrected chi connectivity index (χ4v) is 2.33. The van der Waals surface area contributed by atoms with Gasteiger partial charge in [-0.25, -0.2) is 0 Å². The fourth-order valence-electron chi connectivity index (χ4n) is 1.000. The van der Waals surface area contributed by atoms with E-state index in [1.807, 2.05) is 24.6 Å². The van der Waals surface area contributed by atoms with E-state index in [0.29, 0.717) is 6.42 Å². The molecule has 0 saturated carbocycles. The summed E-state index contributed by atoms with van der Waals surface area (Å²) in [5, 5.41) is 9.10. The lowest BCUT2D eigenvalue weighted by Crippen LogP contribution is -1.99. The Kier molecular flexibility index (Phi) is 4.42. The molecule has 71 valence electrons. The molecular formula is C10H11Br2O. The van der Waals surface area contributed by atoms with Gasteiger partial charge in [0.25, 0.3) is 0 Å². The molecule has 0 fully saturated rings. The number of benzene rings is 1. The molecule has 13 heavy (non-hydrogen) atoms. The Hall–Kier alpha value is 0.140. The number of rotatable bonds is 3. The molecule has 0 spiro atoms. The highest BCUT2D eigenvalue weighted by Crippen LogP contribution is 2.21. The van der Waals surface area contributed by atoms with E-state index in [1.165, 1.54) is 0 Å². The van der Waals surface area contributed by atoms with Crippen molar-refractivity contribution in [2.75, 3.05) is 0 Å².